The standard InChI is InChI=1S/C18H15F4NO5/c1-9(16(24)23-15-11(19)4-3-5-12(15)20)27-17(25)10-6-7-13(28-18(21)22)14(8-10)26-2/h3-9,18H,1-2H3,(H,23,24)/t9-/m1/s1. The first-order valence-electron chi connectivity index (χ1n) is 7.81. The van der Waals surface area contributed by atoms with Crippen molar-refractivity contribution in [3.05, 3.63) is 53.6 Å². The maximum Gasteiger partial charge on any atom is 0.387 e. The van der Waals surface area contributed by atoms with Gasteiger partial charge in [-0.15, -0.1) is 0 Å². The van der Waals surface area contributed by atoms with Gasteiger partial charge in [0.15, 0.2) is 17.6 Å². The minimum absolute atomic E-state index is 0.116. The van der Waals surface area contributed by atoms with Crippen molar-refractivity contribution in [2.75, 3.05) is 12.4 Å². The zero-order valence-electron chi connectivity index (χ0n) is 14.7. The van der Waals surface area contributed by atoms with Crippen molar-refractivity contribution in [1.82, 2.24) is 0 Å². The quantitative estimate of drug-likeness (QED) is 0.565. The maximum atomic E-state index is 13.6. The minimum Gasteiger partial charge on any atom is -0.493 e. The smallest absolute Gasteiger partial charge is 0.387 e. The molecule has 0 heterocycles. The Labute approximate surface area is 157 Å². The SMILES string of the molecule is COc1cc(C(=O)O[C@H](C)C(=O)Nc2c(F)cccc2F)ccc1OC(F)F. The van der Waals surface area contributed by atoms with Crippen molar-refractivity contribution in [2.45, 2.75) is 19.6 Å². The second-order valence-electron chi connectivity index (χ2n) is 5.38. The Morgan fingerprint density at radius 2 is 1.68 bits per heavy atom. The van der Waals surface area contributed by atoms with Gasteiger partial charge in [0.25, 0.3) is 5.91 Å². The molecule has 1 N–H and O–H groups in total. The number of carbonyl (C=O) groups is 2. The van der Waals surface area contributed by atoms with E-state index in [1.807, 2.05) is 5.32 Å². The first-order valence-corrected chi connectivity index (χ1v) is 7.81. The van der Waals surface area contributed by atoms with Crippen molar-refractivity contribution in [2.24, 2.45) is 0 Å². The first-order chi connectivity index (χ1) is 13.2. The van der Waals surface area contributed by atoms with Crippen molar-refractivity contribution < 1.29 is 41.4 Å². The Kier molecular flexibility index (Phi) is 6.80. The van der Waals surface area contributed by atoms with E-state index in [9.17, 15) is 27.2 Å². The second-order valence-corrected chi connectivity index (χ2v) is 5.38. The Balaban J connectivity index is 2.08. The van der Waals surface area contributed by atoms with E-state index in [-0.39, 0.29) is 17.1 Å². The van der Waals surface area contributed by atoms with Gasteiger partial charge in [0, 0.05) is 0 Å². The zero-order chi connectivity index (χ0) is 20.8. The summed E-state index contributed by atoms with van der Waals surface area (Å²) in [5.74, 6) is -4.40. The predicted octanol–water partition coefficient (Wildman–Crippen LogP) is 3.76. The molecular weight excluding hydrogens is 386 g/mol. The van der Waals surface area contributed by atoms with Crippen LogP contribution in [0.15, 0.2) is 36.4 Å². The molecule has 0 fully saturated rings. The fourth-order valence-electron chi connectivity index (χ4n) is 2.11. The molecule has 2 aromatic carbocycles. The lowest BCUT2D eigenvalue weighted by atomic mass is 10.2. The van der Waals surface area contributed by atoms with Crippen LogP contribution in [0.3, 0.4) is 0 Å². The van der Waals surface area contributed by atoms with E-state index in [2.05, 4.69) is 4.74 Å². The number of anilines is 1. The molecule has 0 radical (unpaired) electrons. The van der Waals surface area contributed by atoms with Crippen LogP contribution in [-0.4, -0.2) is 31.7 Å². The van der Waals surface area contributed by atoms with Crippen molar-refractivity contribution in [3.8, 4) is 11.5 Å². The minimum atomic E-state index is -3.09. The number of benzene rings is 2. The number of halogens is 4. The van der Waals surface area contributed by atoms with E-state index >= 15 is 0 Å². The number of nitrogens with one attached hydrogen (secondary N) is 1. The molecule has 0 bridgehead atoms. The van der Waals surface area contributed by atoms with E-state index in [0.29, 0.717) is 0 Å². The van der Waals surface area contributed by atoms with Gasteiger partial charge in [-0.05, 0) is 37.3 Å². The summed E-state index contributed by atoms with van der Waals surface area (Å²) in [5, 5.41) is 1.99. The zero-order valence-corrected chi connectivity index (χ0v) is 14.7. The third-order valence-corrected chi connectivity index (χ3v) is 3.48. The molecule has 0 unspecified atom stereocenters. The number of ether oxygens (including phenoxy) is 3. The molecule has 10 heteroatoms. The summed E-state index contributed by atoms with van der Waals surface area (Å²) < 4.78 is 65.8. The topological polar surface area (TPSA) is 73.9 Å². The summed E-state index contributed by atoms with van der Waals surface area (Å²) >= 11 is 0. The lowest BCUT2D eigenvalue weighted by Gasteiger charge is -2.15. The number of amides is 1. The largest absolute Gasteiger partial charge is 0.493 e. The molecule has 150 valence electrons. The molecule has 0 saturated carbocycles. The van der Waals surface area contributed by atoms with E-state index in [1.165, 1.54) is 14.0 Å². The molecular formula is C18H15F4NO5. The molecule has 0 aliphatic heterocycles. The number of methoxy groups -OCH3 is 1. The van der Waals surface area contributed by atoms with Gasteiger partial charge in [-0.2, -0.15) is 8.78 Å². The highest BCUT2D eigenvalue weighted by molar-refractivity contribution is 5.97. The Bertz CT molecular complexity index is 855. The number of rotatable bonds is 7. The second kappa shape index (κ2) is 9.07. The number of alkyl halides is 2. The molecule has 2 aromatic rings. The first kappa shape index (κ1) is 21.0. The maximum absolute atomic E-state index is 13.6. The highest BCUT2D eigenvalue weighted by Gasteiger charge is 2.22. The normalized spacial score (nSPS) is 11.7. The van der Waals surface area contributed by atoms with Crippen LogP contribution in [0.5, 0.6) is 11.5 Å². The lowest BCUT2D eigenvalue weighted by molar-refractivity contribution is -0.123. The van der Waals surface area contributed by atoms with Gasteiger partial charge in [0.05, 0.1) is 12.7 Å². The molecule has 28 heavy (non-hydrogen) atoms. The third-order valence-electron chi connectivity index (χ3n) is 3.48. The van der Waals surface area contributed by atoms with Gasteiger partial charge in [-0.1, -0.05) is 6.07 Å². The van der Waals surface area contributed by atoms with E-state index in [0.717, 1.165) is 36.4 Å². The van der Waals surface area contributed by atoms with Crippen LogP contribution >= 0.6 is 0 Å². The van der Waals surface area contributed by atoms with Crippen LogP contribution in [0, 0.1) is 11.6 Å². The fourth-order valence-corrected chi connectivity index (χ4v) is 2.11. The van der Waals surface area contributed by atoms with Crippen LogP contribution in [0.25, 0.3) is 0 Å². The Morgan fingerprint density at radius 3 is 2.25 bits per heavy atom. The molecule has 0 spiro atoms. The summed E-state index contributed by atoms with van der Waals surface area (Å²) in [6.07, 6.45) is -1.41. The van der Waals surface area contributed by atoms with Crippen LogP contribution in [0.4, 0.5) is 23.2 Å². The molecule has 0 aliphatic rings. The summed E-state index contributed by atoms with van der Waals surface area (Å²) in [7, 11) is 1.18. The van der Waals surface area contributed by atoms with Gasteiger partial charge in [-0.3, -0.25) is 4.79 Å². The lowest BCUT2D eigenvalue weighted by Crippen LogP contribution is -2.30. The summed E-state index contributed by atoms with van der Waals surface area (Å²) in [5.41, 5.74) is -0.791. The summed E-state index contributed by atoms with van der Waals surface area (Å²) in [6, 6.07) is 6.31. The van der Waals surface area contributed by atoms with E-state index < -0.39 is 41.9 Å². The molecule has 6 nitrogen and oxygen atoms in total. The number of hydrogen-bond acceptors (Lipinski definition) is 5. The molecule has 0 aromatic heterocycles. The summed E-state index contributed by atoms with van der Waals surface area (Å²) in [6.45, 7) is -1.90. The molecule has 1 amide bonds. The molecule has 0 saturated heterocycles. The molecule has 1 atom stereocenters. The van der Waals surface area contributed by atoms with Crippen LogP contribution < -0.4 is 14.8 Å². The summed E-state index contributed by atoms with van der Waals surface area (Å²) in [4.78, 5) is 24.2. The molecule has 2 rings (SSSR count). The van der Waals surface area contributed by atoms with Crippen molar-refractivity contribution >= 4 is 17.6 Å². The third kappa shape index (κ3) is 5.12. The molecule has 0 aliphatic carbocycles. The Morgan fingerprint density at radius 1 is 1.04 bits per heavy atom. The van der Waals surface area contributed by atoms with Gasteiger partial charge in [0.2, 0.25) is 0 Å². The number of hydrogen-bond donors (Lipinski definition) is 1. The van der Waals surface area contributed by atoms with Crippen LogP contribution in [0.2, 0.25) is 0 Å². The van der Waals surface area contributed by atoms with Gasteiger partial charge < -0.3 is 19.5 Å². The van der Waals surface area contributed by atoms with Crippen LogP contribution in [0.1, 0.15) is 17.3 Å². The van der Waals surface area contributed by atoms with Crippen molar-refractivity contribution in [1.29, 1.82) is 0 Å². The van der Waals surface area contributed by atoms with Gasteiger partial charge in [0.1, 0.15) is 17.3 Å². The van der Waals surface area contributed by atoms with Gasteiger partial charge in [-0.25, -0.2) is 13.6 Å². The monoisotopic (exact) mass is 401 g/mol. The highest BCUT2D eigenvalue weighted by atomic mass is 19.3. The average Bonchev–Trinajstić information content (AvgIpc) is 2.64. The highest BCUT2D eigenvalue weighted by Crippen LogP contribution is 2.29. The number of esters is 1. The van der Waals surface area contributed by atoms with Gasteiger partial charge >= 0.3 is 12.6 Å². The van der Waals surface area contributed by atoms with Crippen molar-refractivity contribution in [3.63, 3.8) is 0 Å². The fraction of sp³-hybridized carbons (Fsp3) is 0.222. The Hall–Kier alpha value is -3.30. The van der Waals surface area contributed by atoms with Crippen LogP contribution in [-0.2, 0) is 9.53 Å². The average molecular weight is 401 g/mol. The van der Waals surface area contributed by atoms with E-state index in [4.69, 9.17) is 9.47 Å². The predicted molar refractivity (Wildman–Crippen MR) is 89.5 cm³/mol. The number of para-hydroxylation sites is 1. The number of carbonyl (C=O) groups excluding carboxylic acids is 2. The van der Waals surface area contributed by atoms with E-state index in [1.54, 1.807) is 0 Å².